The van der Waals surface area contributed by atoms with E-state index in [1.54, 1.807) is 0 Å². The van der Waals surface area contributed by atoms with Crippen molar-refractivity contribution in [2.45, 2.75) is 65.3 Å². The first-order valence-electron chi connectivity index (χ1n) is 8.23. The van der Waals surface area contributed by atoms with Crippen LogP contribution in [0, 0.1) is 11.3 Å². The highest BCUT2D eigenvalue weighted by Gasteiger charge is 2.31. The average molecular weight is 277 g/mol. The maximum atomic E-state index is 4.22. The minimum absolute atomic E-state index is 0.527. The second kappa shape index (κ2) is 6.75. The van der Waals surface area contributed by atoms with E-state index in [1.807, 2.05) is 17.9 Å². The molecule has 0 radical (unpaired) electrons. The van der Waals surface area contributed by atoms with Gasteiger partial charge in [0.2, 0.25) is 0 Å². The van der Waals surface area contributed by atoms with Gasteiger partial charge >= 0.3 is 0 Å². The molecule has 1 N–H and O–H groups in total. The predicted molar refractivity (Wildman–Crippen MR) is 84.7 cm³/mol. The molecule has 0 unspecified atom stereocenters. The zero-order valence-corrected chi connectivity index (χ0v) is 13.7. The Morgan fingerprint density at radius 2 is 2.00 bits per heavy atom. The van der Waals surface area contributed by atoms with Crippen LogP contribution in [0.2, 0.25) is 0 Å². The van der Waals surface area contributed by atoms with Crippen molar-refractivity contribution in [2.24, 2.45) is 18.4 Å². The van der Waals surface area contributed by atoms with Crippen molar-refractivity contribution in [1.29, 1.82) is 0 Å². The topological polar surface area (TPSA) is 29.9 Å². The minimum Gasteiger partial charge on any atom is -0.314 e. The third-order valence-electron chi connectivity index (χ3n) is 5.48. The highest BCUT2D eigenvalue weighted by molar-refractivity contribution is 5.00. The average Bonchev–Trinajstić information content (AvgIpc) is 2.85. The molecule has 1 saturated carbocycles. The van der Waals surface area contributed by atoms with Crippen molar-refractivity contribution in [3.8, 4) is 0 Å². The molecule has 20 heavy (non-hydrogen) atoms. The van der Waals surface area contributed by atoms with E-state index >= 15 is 0 Å². The molecular formula is C17H31N3. The number of nitrogens with zero attached hydrogens (tertiary/aromatic N) is 2. The Balaban J connectivity index is 1.69. The fraction of sp³-hybridized carbons (Fsp3) is 0.824. The third kappa shape index (κ3) is 3.85. The van der Waals surface area contributed by atoms with Gasteiger partial charge < -0.3 is 5.32 Å². The van der Waals surface area contributed by atoms with E-state index in [1.165, 1.54) is 37.8 Å². The standard InChI is InChI=1S/C17H31N3/c1-5-17(2,3)14-6-8-15(9-7-14)18-12-10-16-11-13-19-20(16)4/h11,13-15,18H,5-10,12H2,1-4H3. The molecule has 1 aromatic heterocycles. The summed E-state index contributed by atoms with van der Waals surface area (Å²) in [6.45, 7) is 8.28. The van der Waals surface area contributed by atoms with Gasteiger partial charge in [-0.3, -0.25) is 4.68 Å². The first kappa shape index (κ1) is 15.6. The van der Waals surface area contributed by atoms with E-state index < -0.39 is 0 Å². The first-order valence-corrected chi connectivity index (χ1v) is 8.23. The van der Waals surface area contributed by atoms with Crippen molar-refractivity contribution in [3.63, 3.8) is 0 Å². The van der Waals surface area contributed by atoms with Crippen molar-refractivity contribution in [2.75, 3.05) is 6.54 Å². The summed E-state index contributed by atoms with van der Waals surface area (Å²) < 4.78 is 1.97. The van der Waals surface area contributed by atoms with Crippen LogP contribution in [0.1, 0.15) is 58.6 Å². The van der Waals surface area contributed by atoms with E-state index in [-0.39, 0.29) is 0 Å². The Morgan fingerprint density at radius 3 is 2.55 bits per heavy atom. The molecule has 0 atom stereocenters. The SMILES string of the molecule is CCC(C)(C)C1CCC(NCCc2ccnn2C)CC1. The molecule has 1 aliphatic carbocycles. The molecule has 1 fully saturated rings. The normalized spacial score (nSPS) is 24.0. The van der Waals surface area contributed by atoms with E-state index in [0.29, 0.717) is 5.41 Å². The van der Waals surface area contributed by atoms with Gasteiger partial charge in [-0.2, -0.15) is 5.10 Å². The molecule has 0 amide bonds. The van der Waals surface area contributed by atoms with Gasteiger partial charge in [0, 0.05) is 37.9 Å². The van der Waals surface area contributed by atoms with E-state index in [2.05, 4.69) is 37.3 Å². The van der Waals surface area contributed by atoms with Crippen molar-refractivity contribution in [1.82, 2.24) is 15.1 Å². The Hall–Kier alpha value is -0.830. The Labute approximate surface area is 124 Å². The Bertz CT molecular complexity index is 400. The highest BCUT2D eigenvalue weighted by Crippen LogP contribution is 2.40. The molecule has 114 valence electrons. The lowest BCUT2D eigenvalue weighted by molar-refractivity contribution is 0.137. The summed E-state index contributed by atoms with van der Waals surface area (Å²) in [7, 11) is 2.02. The van der Waals surface area contributed by atoms with Crippen LogP contribution in [-0.2, 0) is 13.5 Å². The summed E-state index contributed by atoms with van der Waals surface area (Å²) in [5.74, 6) is 0.919. The number of aryl methyl sites for hydroxylation is 1. The molecule has 0 bridgehead atoms. The number of nitrogens with one attached hydrogen (secondary N) is 1. The zero-order chi connectivity index (χ0) is 14.6. The molecule has 0 aliphatic heterocycles. The smallest absolute Gasteiger partial charge is 0.0492 e. The Morgan fingerprint density at radius 1 is 1.30 bits per heavy atom. The highest BCUT2D eigenvalue weighted by atomic mass is 15.3. The molecule has 3 nitrogen and oxygen atoms in total. The third-order valence-corrected chi connectivity index (χ3v) is 5.48. The summed E-state index contributed by atoms with van der Waals surface area (Å²) >= 11 is 0. The quantitative estimate of drug-likeness (QED) is 0.862. The monoisotopic (exact) mass is 277 g/mol. The number of hydrogen-bond donors (Lipinski definition) is 1. The van der Waals surface area contributed by atoms with Crippen molar-refractivity contribution < 1.29 is 0 Å². The largest absolute Gasteiger partial charge is 0.314 e. The number of rotatable bonds is 6. The van der Waals surface area contributed by atoms with Gasteiger partial charge in [0.25, 0.3) is 0 Å². The predicted octanol–water partition coefficient (Wildman–Crippen LogP) is 3.55. The molecule has 1 aliphatic rings. The molecular weight excluding hydrogens is 246 g/mol. The second-order valence-corrected chi connectivity index (χ2v) is 7.04. The van der Waals surface area contributed by atoms with Crippen LogP contribution in [0.4, 0.5) is 0 Å². The molecule has 0 saturated heterocycles. The minimum atomic E-state index is 0.527. The summed E-state index contributed by atoms with van der Waals surface area (Å²) in [4.78, 5) is 0. The first-order chi connectivity index (χ1) is 9.53. The van der Waals surface area contributed by atoms with Crippen molar-refractivity contribution in [3.05, 3.63) is 18.0 Å². The molecule has 1 heterocycles. The maximum absolute atomic E-state index is 4.22. The molecule has 0 aromatic carbocycles. The van der Waals surface area contributed by atoms with Gasteiger partial charge in [-0.15, -0.1) is 0 Å². The van der Waals surface area contributed by atoms with Crippen LogP contribution < -0.4 is 5.32 Å². The lowest BCUT2D eigenvalue weighted by atomic mass is 9.69. The maximum Gasteiger partial charge on any atom is 0.0492 e. The van der Waals surface area contributed by atoms with Crippen molar-refractivity contribution >= 4 is 0 Å². The van der Waals surface area contributed by atoms with Crippen LogP contribution in [0.5, 0.6) is 0 Å². The van der Waals surface area contributed by atoms with Crippen LogP contribution in [0.25, 0.3) is 0 Å². The van der Waals surface area contributed by atoms with Gasteiger partial charge in [0.05, 0.1) is 0 Å². The second-order valence-electron chi connectivity index (χ2n) is 7.04. The van der Waals surface area contributed by atoms with Gasteiger partial charge in [0.1, 0.15) is 0 Å². The van der Waals surface area contributed by atoms with Crippen LogP contribution >= 0.6 is 0 Å². The van der Waals surface area contributed by atoms with E-state index in [0.717, 1.165) is 24.9 Å². The summed E-state index contributed by atoms with van der Waals surface area (Å²) in [6.07, 6.45) is 9.74. The zero-order valence-electron chi connectivity index (χ0n) is 13.7. The fourth-order valence-corrected chi connectivity index (χ4v) is 3.42. The molecule has 2 rings (SSSR count). The van der Waals surface area contributed by atoms with Crippen LogP contribution in [0.15, 0.2) is 12.3 Å². The van der Waals surface area contributed by atoms with Crippen LogP contribution in [0.3, 0.4) is 0 Å². The van der Waals surface area contributed by atoms with Crippen LogP contribution in [-0.4, -0.2) is 22.4 Å². The number of aromatic nitrogens is 2. The fourth-order valence-electron chi connectivity index (χ4n) is 3.42. The number of hydrogen-bond acceptors (Lipinski definition) is 2. The van der Waals surface area contributed by atoms with Gasteiger partial charge in [-0.25, -0.2) is 0 Å². The molecule has 1 aromatic rings. The van der Waals surface area contributed by atoms with Gasteiger partial charge in [-0.05, 0) is 43.1 Å². The van der Waals surface area contributed by atoms with E-state index in [9.17, 15) is 0 Å². The molecule has 3 heteroatoms. The lowest BCUT2D eigenvalue weighted by Crippen LogP contribution is -2.37. The lowest BCUT2D eigenvalue weighted by Gasteiger charge is -2.39. The van der Waals surface area contributed by atoms with Gasteiger partial charge in [0.15, 0.2) is 0 Å². The summed E-state index contributed by atoms with van der Waals surface area (Å²) in [6, 6.07) is 2.84. The molecule has 0 spiro atoms. The Kier molecular flexibility index (Phi) is 5.25. The van der Waals surface area contributed by atoms with Gasteiger partial charge in [-0.1, -0.05) is 27.2 Å². The summed E-state index contributed by atoms with van der Waals surface area (Å²) in [5.41, 5.74) is 1.85. The summed E-state index contributed by atoms with van der Waals surface area (Å²) in [5, 5.41) is 7.95. The van der Waals surface area contributed by atoms with E-state index in [4.69, 9.17) is 0 Å².